The van der Waals surface area contributed by atoms with Gasteiger partial charge in [0.2, 0.25) is 5.91 Å². The number of hydrogen-bond donors (Lipinski definition) is 1. The third-order valence-corrected chi connectivity index (χ3v) is 2.83. The fourth-order valence-electron chi connectivity index (χ4n) is 1.41. The van der Waals surface area contributed by atoms with E-state index in [-0.39, 0.29) is 11.9 Å². The van der Waals surface area contributed by atoms with Gasteiger partial charge in [-0.15, -0.1) is 0 Å². The van der Waals surface area contributed by atoms with E-state index in [1.807, 2.05) is 11.2 Å². The maximum absolute atomic E-state index is 11.4. The predicted octanol–water partition coefficient (Wildman–Crippen LogP) is 0.155. The van der Waals surface area contributed by atoms with Crippen molar-refractivity contribution in [3.63, 3.8) is 0 Å². The lowest BCUT2D eigenvalue weighted by atomic mass is 10.1. The molecule has 12 heavy (non-hydrogen) atoms. The molecule has 0 aromatic rings. The van der Waals surface area contributed by atoms with E-state index in [1.165, 1.54) is 0 Å². The van der Waals surface area contributed by atoms with Crippen molar-refractivity contribution in [2.75, 3.05) is 25.1 Å². The Balaban J connectivity index is 2.40. The van der Waals surface area contributed by atoms with Gasteiger partial charge in [-0.25, -0.2) is 0 Å². The lowest BCUT2D eigenvalue weighted by molar-refractivity contribution is -0.127. The molecule has 2 atom stereocenters. The normalized spacial score (nSPS) is 29.4. The first-order valence-corrected chi connectivity index (χ1v) is 5.57. The molecule has 1 aliphatic heterocycles. The molecule has 1 saturated heterocycles. The van der Waals surface area contributed by atoms with Crippen molar-refractivity contribution in [3.05, 3.63) is 0 Å². The highest BCUT2D eigenvalue weighted by Crippen LogP contribution is 2.15. The SMILES string of the molecule is CSCC(=O)N1CC(C)C(N)C1. The summed E-state index contributed by atoms with van der Waals surface area (Å²) in [5.41, 5.74) is 5.80. The molecule has 2 N–H and O–H groups in total. The van der Waals surface area contributed by atoms with Gasteiger partial charge in [-0.05, 0) is 12.2 Å². The molecule has 3 nitrogen and oxygen atoms in total. The Bertz CT molecular complexity index is 164. The Hall–Kier alpha value is -0.220. The largest absolute Gasteiger partial charge is 0.340 e. The van der Waals surface area contributed by atoms with E-state index in [0.29, 0.717) is 11.7 Å². The first-order valence-electron chi connectivity index (χ1n) is 4.17. The van der Waals surface area contributed by atoms with Crippen molar-refractivity contribution in [2.45, 2.75) is 13.0 Å². The van der Waals surface area contributed by atoms with Crippen LogP contribution in [0.15, 0.2) is 0 Å². The van der Waals surface area contributed by atoms with Crippen molar-refractivity contribution >= 4 is 17.7 Å². The number of rotatable bonds is 2. The van der Waals surface area contributed by atoms with E-state index in [0.717, 1.165) is 13.1 Å². The van der Waals surface area contributed by atoms with Gasteiger partial charge in [0.25, 0.3) is 0 Å². The molecule has 0 bridgehead atoms. The Labute approximate surface area is 77.7 Å². The summed E-state index contributed by atoms with van der Waals surface area (Å²) in [6.45, 7) is 3.66. The van der Waals surface area contributed by atoms with Crippen molar-refractivity contribution in [2.24, 2.45) is 11.7 Å². The fraction of sp³-hybridized carbons (Fsp3) is 0.875. The molecule has 4 heteroatoms. The molecule has 0 aromatic carbocycles. The molecule has 0 radical (unpaired) electrons. The summed E-state index contributed by atoms with van der Waals surface area (Å²) in [5, 5.41) is 0. The smallest absolute Gasteiger partial charge is 0.232 e. The molecule has 0 spiro atoms. The van der Waals surface area contributed by atoms with Crippen LogP contribution in [0.25, 0.3) is 0 Å². The molecular weight excluding hydrogens is 172 g/mol. The monoisotopic (exact) mass is 188 g/mol. The third kappa shape index (κ3) is 2.14. The minimum Gasteiger partial charge on any atom is -0.340 e. The summed E-state index contributed by atoms with van der Waals surface area (Å²) in [4.78, 5) is 13.3. The van der Waals surface area contributed by atoms with Crippen molar-refractivity contribution in [1.29, 1.82) is 0 Å². The van der Waals surface area contributed by atoms with Crippen LogP contribution in [0, 0.1) is 5.92 Å². The van der Waals surface area contributed by atoms with Crippen LogP contribution in [0.2, 0.25) is 0 Å². The molecule has 0 saturated carbocycles. The van der Waals surface area contributed by atoms with Gasteiger partial charge in [0, 0.05) is 19.1 Å². The summed E-state index contributed by atoms with van der Waals surface area (Å²) in [7, 11) is 0. The third-order valence-electron chi connectivity index (χ3n) is 2.29. The number of carbonyl (C=O) groups is 1. The molecule has 1 amide bonds. The highest BCUT2D eigenvalue weighted by molar-refractivity contribution is 7.99. The minimum absolute atomic E-state index is 0.177. The summed E-state index contributed by atoms with van der Waals surface area (Å²) >= 11 is 1.57. The number of likely N-dealkylation sites (tertiary alicyclic amines) is 1. The first kappa shape index (κ1) is 9.86. The van der Waals surface area contributed by atoms with Gasteiger partial charge in [0.1, 0.15) is 0 Å². The summed E-state index contributed by atoms with van der Waals surface area (Å²) < 4.78 is 0. The molecule has 1 aliphatic rings. The fourth-order valence-corrected chi connectivity index (χ4v) is 1.84. The predicted molar refractivity (Wildman–Crippen MR) is 52.1 cm³/mol. The Kier molecular flexibility index (Phi) is 3.40. The van der Waals surface area contributed by atoms with E-state index in [9.17, 15) is 4.79 Å². The number of nitrogens with zero attached hydrogens (tertiary/aromatic N) is 1. The second-order valence-corrected chi connectivity index (χ2v) is 4.24. The summed E-state index contributed by atoms with van der Waals surface area (Å²) in [6.07, 6.45) is 1.94. The van der Waals surface area contributed by atoms with Gasteiger partial charge in [0.05, 0.1) is 5.75 Å². The molecule has 1 fully saturated rings. The topological polar surface area (TPSA) is 46.3 Å². The average Bonchev–Trinajstić information content (AvgIpc) is 2.33. The molecule has 0 aromatic heterocycles. The Morgan fingerprint density at radius 3 is 2.75 bits per heavy atom. The summed E-state index contributed by atoms with van der Waals surface area (Å²) in [6, 6.07) is 0.177. The number of carbonyl (C=O) groups excluding carboxylic acids is 1. The van der Waals surface area contributed by atoms with Crippen LogP contribution in [-0.4, -0.2) is 41.9 Å². The van der Waals surface area contributed by atoms with E-state index < -0.39 is 0 Å². The van der Waals surface area contributed by atoms with E-state index in [1.54, 1.807) is 11.8 Å². The quantitative estimate of drug-likeness (QED) is 0.671. The zero-order valence-corrected chi connectivity index (χ0v) is 8.43. The molecule has 70 valence electrons. The van der Waals surface area contributed by atoms with E-state index in [2.05, 4.69) is 6.92 Å². The standard InChI is InChI=1S/C8H16N2OS/c1-6-3-10(4-7(6)9)8(11)5-12-2/h6-7H,3-5,9H2,1-2H3. The molecule has 0 aliphatic carbocycles. The first-order chi connectivity index (χ1) is 5.65. The van der Waals surface area contributed by atoms with Gasteiger partial charge in [-0.1, -0.05) is 6.92 Å². The van der Waals surface area contributed by atoms with Gasteiger partial charge in [0.15, 0.2) is 0 Å². The second-order valence-electron chi connectivity index (χ2n) is 3.37. The average molecular weight is 188 g/mol. The van der Waals surface area contributed by atoms with Crippen LogP contribution in [0.5, 0.6) is 0 Å². The number of hydrogen-bond acceptors (Lipinski definition) is 3. The van der Waals surface area contributed by atoms with Crippen LogP contribution in [0.1, 0.15) is 6.92 Å². The van der Waals surface area contributed by atoms with Gasteiger partial charge in [-0.2, -0.15) is 11.8 Å². The van der Waals surface area contributed by atoms with Crippen LogP contribution in [0.4, 0.5) is 0 Å². The number of thioether (sulfide) groups is 1. The highest BCUT2D eigenvalue weighted by atomic mass is 32.2. The van der Waals surface area contributed by atoms with Crippen LogP contribution in [0.3, 0.4) is 0 Å². The van der Waals surface area contributed by atoms with Crippen LogP contribution >= 0.6 is 11.8 Å². The lowest BCUT2D eigenvalue weighted by Gasteiger charge is -2.14. The highest BCUT2D eigenvalue weighted by Gasteiger charge is 2.29. The zero-order chi connectivity index (χ0) is 9.14. The molecule has 2 unspecified atom stereocenters. The maximum atomic E-state index is 11.4. The zero-order valence-electron chi connectivity index (χ0n) is 7.62. The van der Waals surface area contributed by atoms with Gasteiger partial charge in [-0.3, -0.25) is 4.79 Å². The van der Waals surface area contributed by atoms with E-state index >= 15 is 0 Å². The van der Waals surface area contributed by atoms with Crippen molar-refractivity contribution in [1.82, 2.24) is 4.90 Å². The van der Waals surface area contributed by atoms with Crippen LogP contribution < -0.4 is 5.73 Å². The van der Waals surface area contributed by atoms with Crippen molar-refractivity contribution < 1.29 is 4.79 Å². The second kappa shape index (κ2) is 4.14. The van der Waals surface area contributed by atoms with Gasteiger partial charge >= 0.3 is 0 Å². The number of amides is 1. The minimum atomic E-state index is 0.177. The van der Waals surface area contributed by atoms with Gasteiger partial charge < -0.3 is 10.6 Å². The molecule has 1 rings (SSSR count). The maximum Gasteiger partial charge on any atom is 0.232 e. The molecule has 1 heterocycles. The molecular formula is C8H16N2OS. The number of nitrogens with two attached hydrogens (primary N) is 1. The Morgan fingerprint density at radius 2 is 2.33 bits per heavy atom. The lowest BCUT2D eigenvalue weighted by Crippen LogP contribution is -2.33. The van der Waals surface area contributed by atoms with Crippen molar-refractivity contribution in [3.8, 4) is 0 Å². The van der Waals surface area contributed by atoms with E-state index in [4.69, 9.17) is 5.73 Å². The summed E-state index contributed by atoms with van der Waals surface area (Å²) in [5.74, 6) is 1.26. The van der Waals surface area contributed by atoms with Crippen LogP contribution in [-0.2, 0) is 4.79 Å². The Morgan fingerprint density at radius 1 is 1.67 bits per heavy atom.